The van der Waals surface area contributed by atoms with Gasteiger partial charge in [-0.3, -0.25) is 0 Å². The van der Waals surface area contributed by atoms with E-state index in [9.17, 15) is 0 Å². The first kappa shape index (κ1) is 10.7. The number of imidazole rings is 1. The number of nitrogens with zero attached hydrogens (tertiary/aromatic N) is 3. The highest BCUT2D eigenvalue weighted by molar-refractivity contribution is 5.77. The van der Waals surface area contributed by atoms with Gasteiger partial charge in [-0.2, -0.15) is 5.26 Å². The lowest BCUT2D eigenvalue weighted by atomic mass is 10.2. The molecule has 0 saturated carbocycles. The largest absolute Gasteiger partial charge is 0.328 e. The molecule has 0 N–H and O–H groups in total. The molecule has 0 fully saturated rings. The average molecular weight is 213 g/mol. The van der Waals surface area contributed by atoms with Crippen molar-refractivity contribution in [2.45, 2.75) is 33.2 Å². The van der Waals surface area contributed by atoms with Crippen molar-refractivity contribution in [2.75, 3.05) is 0 Å². The van der Waals surface area contributed by atoms with Gasteiger partial charge < -0.3 is 4.57 Å². The van der Waals surface area contributed by atoms with Crippen molar-refractivity contribution in [3.8, 4) is 6.07 Å². The van der Waals surface area contributed by atoms with Gasteiger partial charge in [-0.25, -0.2) is 4.98 Å². The second-order valence-corrected chi connectivity index (χ2v) is 4.18. The van der Waals surface area contributed by atoms with Gasteiger partial charge in [0.2, 0.25) is 0 Å². The summed E-state index contributed by atoms with van der Waals surface area (Å²) >= 11 is 0. The summed E-state index contributed by atoms with van der Waals surface area (Å²) < 4.78 is 2.21. The first-order chi connectivity index (χ1) is 7.67. The van der Waals surface area contributed by atoms with Gasteiger partial charge >= 0.3 is 0 Å². The Morgan fingerprint density at radius 2 is 2.19 bits per heavy atom. The Balaban J connectivity index is 2.72. The normalized spacial score (nSPS) is 10.9. The molecule has 1 aromatic carbocycles. The Bertz CT molecular complexity index is 558. The molecule has 1 aromatic heterocycles. The van der Waals surface area contributed by atoms with Gasteiger partial charge in [0.15, 0.2) is 0 Å². The summed E-state index contributed by atoms with van der Waals surface area (Å²) in [4.78, 5) is 4.60. The van der Waals surface area contributed by atoms with Crippen LogP contribution in [0.3, 0.4) is 0 Å². The highest BCUT2D eigenvalue weighted by atomic mass is 15.1. The van der Waals surface area contributed by atoms with E-state index in [-0.39, 0.29) is 0 Å². The van der Waals surface area contributed by atoms with Crippen molar-refractivity contribution < 1.29 is 0 Å². The van der Waals surface area contributed by atoms with E-state index in [1.165, 1.54) is 0 Å². The summed E-state index contributed by atoms with van der Waals surface area (Å²) in [5, 5.41) is 8.85. The number of hydrogen-bond acceptors (Lipinski definition) is 2. The second-order valence-electron chi connectivity index (χ2n) is 4.18. The SMILES string of the molecule is CCn1c(C(C)C)nc2cc(C#N)ccc21. The third-order valence-electron chi connectivity index (χ3n) is 2.74. The summed E-state index contributed by atoms with van der Waals surface area (Å²) in [6, 6.07) is 7.83. The number of fused-ring (bicyclic) bond motifs is 1. The minimum atomic E-state index is 0.401. The average Bonchev–Trinajstić information content (AvgIpc) is 2.66. The van der Waals surface area contributed by atoms with E-state index in [2.05, 4.69) is 36.4 Å². The van der Waals surface area contributed by atoms with Crippen LogP contribution in [0.1, 0.15) is 38.1 Å². The summed E-state index contributed by atoms with van der Waals surface area (Å²) in [6.07, 6.45) is 0. The van der Waals surface area contributed by atoms with Crippen LogP contribution >= 0.6 is 0 Å². The molecule has 2 rings (SSSR count). The third kappa shape index (κ3) is 1.57. The van der Waals surface area contributed by atoms with E-state index < -0.39 is 0 Å². The maximum absolute atomic E-state index is 8.85. The molecular weight excluding hydrogens is 198 g/mol. The molecule has 0 radical (unpaired) electrons. The minimum absolute atomic E-state index is 0.401. The Hall–Kier alpha value is -1.82. The molecule has 0 aliphatic carbocycles. The van der Waals surface area contributed by atoms with E-state index in [1.807, 2.05) is 18.2 Å². The number of rotatable bonds is 2. The topological polar surface area (TPSA) is 41.6 Å². The molecule has 0 saturated heterocycles. The van der Waals surface area contributed by atoms with Crippen LogP contribution in [0.5, 0.6) is 0 Å². The van der Waals surface area contributed by atoms with Crippen molar-refractivity contribution >= 4 is 11.0 Å². The fourth-order valence-electron chi connectivity index (χ4n) is 1.99. The third-order valence-corrected chi connectivity index (χ3v) is 2.74. The maximum Gasteiger partial charge on any atom is 0.112 e. The fraction of sp³-hybridized carbons (Fsp3) is 0.385. The molecule has 16 heavy (non-hydrogen) atoms. The van der Waals surface area contributed by atoms with Crippen LogP contribution in [-0.2, 0) is 6.54 Å². The highest BCUT2D eigenvalue weighted by Gasteiger charge is 2.12. The van der Waals surface area contributed by atoms with Gasteiger partial charge in [-0.1, -0.05) is 13.8 Å². The molecular formula is C13H15N3. The number of benzene rings is 1. The lowest BCUT2D eigenvalue weighted by molar-refractivity contribution is 0.667. The smallest absolute Gasteiger partial charge is 0.112 e. The second kappa shape index (κ2) is 3.97. The van der Waals surface area contributed by atoms with Crippen LogP contribution in [0.4, 0.5) is 0 Å². The molecule has 0 amide bonds. The van der Waals surface area contributed by atoms with Crippen LogP contribution in [0.15, 0.2) is 18.2 Å². The van der Waals surface area contributed by atoms with Crippen LogP contribution in [-0.4, -0.2) is 9.55 Å². The Labute approximate surface area is 95.3 Å². The molecule has 0 spiro atoms. The van der Waals surface area contributed by atoms with Gasteiger partial charge in [0, 0.05) is 12.5 Å². The van der Waals surface area contributed by atoms with Gasteiger partial charge in [0.25, 0.3) is 0 Å². The quantitative estimate of drug-likeness (QED) is 0.769. The lowest BCUT2D eigenvalue weighted by Crippen LogP contribution is -2.03. The molecule has 2 aromatic rings. The Morgan fingerprint density at radius 3 is 2.75 bits per heavy atom. The Morgan fingerprint density at radius 1 is 1.44 bits per heavy atom. The molecule has 3 heteroatoms. The van der Waals surface area contributed by atoms with Crippen molar-refractivity contribution in [3.05, 3.63) is 29.6 Å². The van der Waals surface area contributed by atoms with Crippen LogP contribution in [0.2, 0.25) is 0 Å². The minimum Gasteiger partial charge on any atom is -0.328 e. The van der Waals surface area contributed by atoms with Crippen LogP contribution < -0.4 is 0 Å². The number of aryl methyl sites for hydroxylation is 1. The highest BCUT2D eigenvalue weighted by Crippen LogP contribution is 2.22. The molecule has 82 valence electrons. The predicted molar refractivity (Wildman–Crippen MR) is 64.2 cm³/mol. The summed E-state index contributed by atoms with van der Waals surface area (Å²) in [5.41, 5.74) is 2.71. The monoisotopic (exact) mass is 213 g/mol. The first-order valence-electron chi connectivity index (χ1n) is 5.57. The number of hydrogen-bond donors (Lipinski definition) is 0. The summed E-state index contributed by atoms with van der Waals surface area (Å²) in [7, 11) is 0. The zero-order chi connectivity index (χ0) is 11.7. The van der Waals surface area contributed by atoms with E-state index in [4.69, 9.17) is 5.26 Å². The Kier molecular flexibility index (Phi) is 2.66. The molecule has 1 heterocycles. The van der Waals surface area contributed by atoms with Crippen LogP contribution in [0.25, 0.3) is 11.0 Å². The van der Waals surface area contributed by atoms with Crippen molar-refractivity contribution in [3.63, 3.8) is 0 Å². The first-order valence-corrected chi connectivity index (χ1v) is 5.57. The van der Waals surface area contributed by atoms with Gasteiger partial charge in [0.1, 0.15) is 5.82 Å². The van der Waals surface area contributed by atoms with Gasteiger partial charge in [-0.05, 0) is 25.1 Å². The lowest BCUT2D eigenvalue weighted by Gasteiger charge is -2.07. The van der Waals surface area contributed by atoms with E-state index in [1.54, 1.807) is 0 Å². The van der Waals surface area contributed by atoms with Gasteiger partial charge in [-0.15, -0.1) is 0 Å². The molecule has 0 aliphatic rings. The fourth-order valence-corrected chi connectivity index (χ4v) is 1.99. The molecule has 0 aliphatic heterocycles. The molecule has 0 bridgehead atoms. The van der Waals surface area contributed by atoms with Gasteiger partial charge in [0.05, 0.1) is 22.7 Å². The van der Waals surface area contributed by atoms with E-state index in [0.29, 0.717) is 11.5 Å². The standard InChI is InChI=1S/C13H15N3/c1-4-16-12-6-5-10(8-14)7-11(12)15-13(16)9(2)3/h5-7,9H,4H2,1-3H3. The maximum atomic E-state index is 8.85. The van der Waals surface area contributed by atoms with Crippen molar-refractivity contribution in [1.82, 2.24) is 9.55 Å². The van der Waals surface area contributed by atoms with E-state index in [0.717, 1.165) is 23.4 Å². The number of aromatic nitrogens is 2. The molecule has 0 atom stereocenters. The van der Waals surface area contributed by atoms with Crippen molar-refractivity contribution in [1.29, 1.82) is 5.26 Å². The summed E-state index contributed by atoms with van der Waals surface area (Å²) in [5.74, 6) is 1.49. The number of nitriles is 1. The van der Waals surface area contributed by atoms with Crippen molar-refractivity contribution in [2.24, 2.45) is 0 Å². The zero-order valence-electron chi connectivity index (χ0n) is 9.86. The summed E-state index contributed by atoms with van der Waals surface area (Å²) in [6.45, 7) is 7.30. The predicted octanol–water partition coefficient (Wildman–Crippen LogP) is 3.05. The molecule has 3 nitrogen and oxygen atoms in total. The zero-order valence-corrected chi connectivity index (χ0v) is 9.86. The van der Waals surface area contributed by atoms with Crippen LogP contribution in [0, 0.1) is 11.3 Å². The van der Waals surface area contributed by atoms with E-state index >= 15 is 0 Å². The molecule has 0 unspecified atom stereocenters.